The van der Waals surface area contributed by atoms with E-state index < -0.39 is 5.97 Å². The summed E-state index contributed by atoms with van der Waals surface area (Å²) >= 11 is 0. The number of hydrogen-bond donors (Lipinski definition) is 4. The lowest BCUT2D eigenvalue weighted by Gasteiger charge is -2.02. The van der Waals surface area contributed by atoms with Crippen LogP contribution in [-0.4, -0.2) is 30.2 Å². The molecule has 0 spiro atoms. The lowest BCUT2D eigenvalue weighted by atomic mass is 10.1. The van der Waals surface area contributed by atoms with Crippen molar-refractivity contribution in [1.29, 1.82) is 0 Å². The standard InChI is InChI=1S/C8H9NO2.C3H6N2O/c1-5-6(8(10)11)3-2-4-7(5)9;6-3-4-1-2-5-3/h2-4H,9H2,1H3,(H,10,11);1-2H2,(H2,4,5,6). The largest absolute Gasteiger partial charge is 0.478 e. The molecule has 0 saturated carbocycles. The molecular weight excluding hydrogens is 222 g/mol. The smallest absolute Gasteiger partial charge is 0.336 e. The van der Waals surface area contributed by atoms with Crippen LogP contribution in [-0.2, 0) is 0 Å². The van der Waals surface area contributed by atoms with E-state index in [4.69, 9.17) is 10.8 Å². The van der Waals surface area contributed by atoms with Gasteiger partial charge in [-0.1, -0.05) is 6.07 Å². The van der Waals surface area contributed by atoms with Crippen LogP contribution in [0, 0.1) is 6.92 Å². The number of carboxylic acids is 1. The lowest BCUT2D eigenvalue weighted by Crippen LogP contribution is -2.20. The molecule has 1 fully saturated rings. The van der Waals surface area contributed by atoms with Gasteiger partial charge in [-0.25, -0.2) is 9.59 Å². The number of rotatable bonds is 1. The first-order valence-corrected chi connectivity index (χ1v) is 5.12. The first-order chi connectivity index (χ1) is 8.02. The van der Waals surface area contributed by atoms with E-state index in [0.717, 1.165) is 13.1 Å². The van der Waals surface area contributed by atoms with Gasteiger partial charge in [0.2, 0.25) is 0 Å². The number of urea groups is 1. The van der Waals surface area contributed by atoms with Crippen LogP contribution in [0.3, 0.4) is 0 Å². The number of carboxylic acid groups (broad SMARTS) is 1. The van der Waals surface area contributed by atoms with Crippen LogP contribution in [0.1, 0.15) is 15.9 Å². The van der Waals surface area contributed by atoms with Crippen LogP contribution in [0.15, 0.2) is 18.2 Å². The predicted octanol–water partition coefficient (Wildman–Crippen LogP) is 0.575. The van der Waals surface area contributed by atoms with E-state index in [9.17, 15) is 9.59 Å². The molecule has 0 atom stereocenters. The maximum Gasteiger partial charge on any atom is 0.336 e. The monoisotopic (exact) mass is 237 g/mol. The molecule has 17 heavy (non-hydrogen) atoms. The molecule has 1 saturated heterocycles. The number of hydrogen-bond acceptors (Lipinski definition) is 3. The molecule has 0 aliphatic carbocycles. The Bertz CT molecular complexity index is 424. The maximum atomic E-state index is 10.5. The third kappa shape index (κ3) is 3.67. The van der Waals surface area contributed by atoms with Gasteiger partial charge in [0.25, 0.3) is 0 Å². The van der Waals surface area contributed by atoms with Crippen LogP contribution in [0.2, 0.25) is 0 Å². The summed E-state index contributed by atoms with van der Waals surface area (Å²) in [4.78, 5) is 20.5. The zero-order valence-electron chi connectivity index (χ0n) is 9.49. The molecule has 0 radical (unpaired) electrons. The van der Waals surface area contributed by atoms with Crippen molar-refractivity contribution in [2.24, 2.45) is 0 Å². The number of nitrogen functional groups attached to an aromatic ring is 1. The number of amides is 2. The van der Waals surface area contributed by atoms with Gasteiger partial charge >= 0.3 is 12.0 Å². The number of carbonyl (C=O) groups excluding carboxylic acids is 1. The second-order valence-corrected chi connectivity index (χ2v) is 3.51. The molecule has 0 bridgehead atoms. The highest BCUT2D eigenvalue weighted by Crippen LogP contribution is 2.14. The van der Waals surface area contributed by atoms with Crippen LogP contribution in [0.5, 0.6) is 0 Å². The predicted molar refractivity (Wildman–Crippen MR) is 64.0 cm³/mol. The van der Waals surface area contributed by atoms with Crippen molar-refractivity contribution >= 4 is 17.7 Å². The van der Waals surface area contributed by atoms with Crippen LogP contribution < -0.4 is 16.4 Å². The molecule has 2 rings (SSSR count). The molecule has 6 heteroatoms. The van der Waals surface area contributed by atoms with Crippen molar-refractivity contribution in [3.8, 4) is 0 Å². The molecule has 6 nitrogen and oxygen atoms in total. The molecule has 1 heterocycles. The molecule has 92 valence electrons. The summed E-state index contributed by atoms with van der Waals surface area (Å²) in [5, 5.41) is 13.8. The Morgan fingerprint density at radius 1 is 1.35 bits per heavy atom. The zero-order valence-corrected chi connectivity index (χ0v) is 9.49. The van der Waals surface area contributed by atoms with Gasteiger partial charge in [-0.2, -0.15) is 0 Å². The SMILES string of the molecule is Cc1c(N)cccc1C(=O)O.O=C1NCCN1. The molecule has 1 aliphatic rings. The summed E-state index contributed by atoms with van der Waals surface area (Å²) in [7, 11) is 0. The highest BCUT2D eigenvalue weighted by atomic mass is 16.4. The normalized spacial score (nSPS) is 13.1. The number of nitrogens with two attached hydrogens (primary N) is 1. The van der Waals surface area contributed by atoms with Crippen molar-refractivity contribution in [1.82, 2.24) is 10.6 Å². The Morgan fingerprint density at radius 3 is 2.29 bits per heavy atom. The Balaban J connectivity index is 0.000000202. The number of benzene rings is 1. The fourth-order valence-corrected chi connectivity index (χ4v) is 1.30. The van der Waals surface area contributed by atoms with Crippen LogP contribution >= 0.6 is 0 Å². The van der Waals surface area contributed by atoms with Gasteiger partial charge in [-0.15, -0.1) is 0 Å². The quantitative estimate of drug-likeness (QED) is 0.536. The number of anilines is 1. The second kappa shape index (κ2) is 5.74. The Kier molecular flexibility index (Phi) is 4.33. The number of aromatic carboxylic acids is 1. The van der Waals surface area contributed by atoms with E-state index in [1.165, 1.54) is 6.07 Å². The molecule has 1 aromatic carbocycles. The summed E-state index contributed by atoms with van der Waals surface area (Å²) in [6.07, 6.45) is 0. The molecule has 0 aromatic heterocycles. The first kappa shape index (κ1) is 12.8. The topological polar surface area (TPSA) is 104 Å². The minimum absolute atomic E-state index is 0.0463. The summed E-state index contributed by atoms with van der Waals surface area (Å²) in [6, 6.07) is 4.80. The van der Waals surface area contributed by atoms with Crippen molar-refractivity contribution < 1.29 is 14.7 Å². The van der Waals surface area contributed by atoms with Gasteiger partial charge in [0.15, 0.2) is 0 Å². The highest BCUT2D eigenvalue weighted by Gasteiger charge is 2.06. The summed E-state index contributed by atoms with van der Waals surface area (Å²) in [6.45, 7) is 3.25. The van der Waals surface area contributed by atoms with Gasteiger partial charge < -0.3 is 21.5 Å². The Labute approximate surface area is 98.8 Å². The number of nitrogens with one attached hydrogen (secondary N) is 2. The molecule has 1 aromatic rings. The minimum atomic E-state index is -0.935. The average Bonchev–Trinajstić information content (AvgIpc) is 2.74. The van der Waals surface area contributed by atoms with Gasteiger partial charge in [0, 0.05) is 18.8 Å². The van der Waals surface area contributed by atoms with E-state index in [1.54, 1.807) is 19.1 Å². The lowest BCUT2D eigenvalue weighted by molar-refractivity contribution is 0.0696. The fourth-order valence-electron chi connectivity index (χ4n) is 1.30. The van der Waals surface area contributed by atoms with E-state index in [0.29, 0.717) is 11.3 Å². The summed E-state index contributed by atoms with van der Waals surface area (Å²) in [5.74, 6) is -0.935. The average molecular weight is 237 g/mol. The van der Waals surface area contributed by atoms with E-state index >= 15 is 0 Å². The van der Waals surface area contributed by atoms with E-state index in [1.807, 2.05) is 0 Å². The highest BCUT2D eigenvalue weighted by molar-refractivity contribution is 5.90. The second-order valence-electron chi connectivity index (χ2n) is 3.51. The third-order valence-electron chi connectivity index (χ3n) is 2.30. The van der Waals surface area contributed by atoms with Gasteiger partial charge in [-0.05, 0) is 24.6 Å². The fraction of sp³-hybridized carbons (Fsp3) is 0.273. The summed E-state index contributed by atoms with van der Waals surface area (Å²) < 4.78 is 0. The van der Waals surface area contributed by atoms with Gasteiger partial charge in [0.05, 0.1) is 5.56 Å². The molecule has 1 aliphatic heterocycles. The zero-order chi connectivity index (χ0) is 12.8. The van der Waals surface area contributed by atoms with Crippen LogP contribution in [0.4, 0.5) is 10.5 Å². The first-order valence-electron chi connectivity index (χ1n) is 5.12. The molecule has 5 N–H and O–H groups in total. The van der Waals surface area contributed by atoms with Crippen molar-refractivity contribution in [3.05, 3.63) is 29.3 Å². The summed E-state index contributed by atoms with van der Waals surface area (Å²) in [5.41, 5.74) is 6.91. The third-order valence-corrected chi connectivity index (χ3v) is 2.30. The molecule has 2 amide bonds. The van der Waals surface area contributed by atoms with E-state index in [2.05, 4.69) is 10.6 Å². The van der Waals surface area contributed by atoms with Gasteiger partial charge in [0.1, 0.15) is 0 Å². The Hall–Kier alpha value is -2.24. The van der Waals surface area contributed by atoms with Crippen LogP contribution in [0.25, 0.3) is 0 Å². The van der Waals surface area contributed by atoms with Crippen molar-refractivity contribution in [2.45, 2.75) is 6.92 Å². The molecular formula is C11H15N3O3. The van der Waals surface area contributed by atoms with Gasteiger partial charge in [-0.3, -0.25) is 0 Å². The van der Waals surface area contributed by atoms with Crippen molar-refractivity contribution in [2.75, 3.05) is 18.8 Å². The Morgan fingerprint density at radius 2 is 1.94 bits per heavy atom. The minimum Gasteiger partial charge on any atom is -0.478 e. The number of carbonyl (C=O) groups is 2. The van der Waals surface area contributed by atoms with Crippen molar-refractivity contribution in [3.63, 3.8) is 0 Å². The maximum absolute atomic E-state index is 10.5. The molecule has 0 unspecified atom stereocenters. The van der Waals surface area contributed by atoms with E-state index in [-0.39, 0.29) is 11.6 Å².